The zero-order valence-electron chi connectivity index (χ0n) is 7.03. The van der Waals surface area contributed by atoms with E-state index in [2.05, 4.69) is 0 Å². The van der Waals surface area contributed by atoms with Crippen LogP contribution in [-0.4, -0.2) is 4.98 Å². The average Bonchev–Trinajstić information content (AvgIpc) is 2.29. The normalized spacial score (nSPS) is 12.5. The van der Waals surface area contributed by atoms with Gasteiger partial charge in [0, 0.05) is 4.88 Å². The molecule has 0 unspecified atom stereocenters. The van der Waals surface area contributed by atoms with Crippen molar-refractivity contribution in [3.8, 4) is 0 Å². The Morgan fingerprint density at radius 2 is 1.92 bits per heavy atom. The van der Waals surface area contributed by atoms with Crippen LogP contribution in [0.5, 0.6) is 0 Å². The van der Waals surface area contributed by atoms with E-state index in [1.54, 1.807) is 18.8 Å². The van der Waals surface area contributed by atoms with E-state index in [0.717, 1.165) is 0 Å². The van der Waals surface area contributed by atoms with E-state index >= 15 is 0 Å². The molecule has 1 rings (SSSR count). The Morgan fingerprint density at radius 1 is 1.38 bits per heavy atom. The molecule has 0 aliphatic heterocycles. The molecule has 0 fully saturated rings. The fourth-order valence-electron chi connectivity index (χ4n) is 0.957. The number of rotatable bonds is 1. The van der Waals surface area contributed by atoms with Crippen LogP contribution in [0.3, 0.4) is 0 Å². The maximum Gasteiger partial charge on any atom is 0.432 e. The van der Waals surface area contributed by atoms with Crippen LogP contribution in [0, 0.1) is 0 Å². The Balaban J connectivity index is 3.28. The number of hydrogen-bond acceptors (Lipinski definition) is 2. The first-order valence-corrected chi connectivity index (χ1v) is 4.44. The van der Waals surface area contributed by atoms with Crippen molar-refractivity contribution in [3.63, 3.8) is 0 Å². The van der Waals surface area contributed by atoms with Crippen LogP contribution in [0.25, 0.3) is 0 Å². The zero-order valence-corrected chi connectivity index (χ0v) is 7.84. The van der Waals surface area contributed by atoms with Gasteiger partial charge in [-0.2, -0.15) is 13.2 Å². The van der Waals surface area contributed by atoms with Gasteiger partial charge < -0.3 is 4.98 Å². The molecule has 1 aromatic heterocycles. The molecule has 6 heteroatoms. The van der Waals surface area contributed by atoms with Crippen LogP contribution in [0.2, 0.25) is 0 Å². The van der Waals surface area contributed by atoms with Crippen molar-refractivity contribution in [1.29, 1.82) is 0 Å². The lowest BCUT2D eigenvalue weighted by Gasteiger charge is -2.08. The summed E-state index contributed by atoms with van der Waals surface area (Å²) in [6, 6.07) is 0. The van der Waals surface area contributed by atoms with Gasteiger partial charge in [0.15, 0.2) is 0 Å². The molecular formula is C7H8F3NOS. The molecule has 0 aliphatic carbocycles. The molecule has 0 spiro atoms. The van der Waals surface area contributed by atoms with Crippen molar-refractivity contribution in [1.82, 2.24) is 4.98 Å². The molecule has 2 nitrogen and oxygen atoms in total. The standard InChI is InChI=1S/C7H8F3NOS/c1-3(2)4-5(7(8,9)10)11-6(12)13-4/h3H,1-2H3,(H,11,12). The van der Waals surface area contributed by atoms with E-state index in [1.165, 1.54) is 0 Å². The van der Waals surface area contributed by atoms with E-state index in [4.69, 9.17) is 0 Å². The Morgan fingerprint density at radius 3 is 2.23 bits per heavy atom. The molecule has 1 aromatic rings. The summed E-state index contributed by atoms with van der Waals surface area (Å²) in [5.41, 5.74) is -0.905. The van der Waals surface area contributed by atoms with Gasteiger partial charge in [-0.3, -0.25) is 4.79 Å². The Bertz CT molecular complexity index is 349. The minimum Gasteiger partial charge on any atom is -0.308 e. The van der Waals surface area contributed by atoms with Crippen molar-refractivity contribution in [2.75, 3.05) is 0 Å². The van der Waals surface area contributed by atoms with E-state index in [-0.39, 0.29) is 10.8 Å². The van der Waals surface area contributed by atoms with Crippen molar-refractivity contribution >= 4 is 11.3 Å². The maximum absolute atomic E-state index is 12.3. The van der Waals surface area contributed by atoms with Gasteiger partial charge in [-0.25, -0.2) is 0 Å². The smallest absolute Gasteiger partial charge is 0.308 e. The first-order valence-electron chi connectivity index (χ1n) is 3.62. The Hall–Kier alpha value is -0.780. The molecule has 0 aromatic carbocycles. The quantitative estimate of drug-likeness (QED) is 0.760. The van der Waals surface area contributed by atoms with Crippen LogP contribution in [0.4, 0.5) is 13.2 Å². The SMILES string of the molecule is CC(C)c1sc(=O)[nH]c1C(F)(F)F. The average molecular weight is 211 g/mol. The van der Waals surface area contributed by atoms with Gasteiger partial charge >= 0.3 is 11.0 Å². The second kappa shape index (κ2) is 3.17. The number of thiazole rings is 1. The molecule has 0 amide bonds. The molecule has 1 heterocycles. The number of aromatic amines is 1. The highest BCUT2D eigenvalue weighted by atomic mass is 32.1. The molecule has 0 atom stereocenters. The number of hydrogen-bond donors (Lipinski definition) is 1. The summed E-state index contributed by atoms with van der Waals surface area (Å²) in [4.78, 5) is 11.9. The van der Waals surface area contributed by atoms with Crippen LogP contribution in [0.1, 0.15) is 30.3 Å². The predicted octanol–water partition coefficient (Wildman–Crippen LogP) is 2.58. The maximum atomic E-state index is 12.3. The third-order valence-corrected chi connectivity index (χ3v) is 2.67. The molecule has 0 saturated carbocycles. The number of H-pyrrole nitrogens is 1. The molecule has 0 radical (unpaired) electrons. The summed E-state index contributed by atoms with van der Waals surface area (Å²) < 4.78 is 36.8. The summed E-state index contributed by atoms with van der Waals surface area (Å²) >= 11 is 0.618. The number of nitrogens with one attached hydrogen (secondary N) is 1. The first kappa shape index (κ1) is 10.3. The molecule has 0 saturated heterocycles. The predicted molar refractivity (Wildman–Crippen MR) is 44.0 cm³/mol. The summed E-state index contributed by atoms with van der Waals surface area (Å²) in [6.45, 7) is 3.24. The second-order valence-corrected chi connectivity index (χ2v) is 3.92. The van der Waals surface area contributed by atoms with Gasteiger partial charge in [0.2, 0.25) is 0 Å². The van der Waals surface area contributed by atoms with Crippen molar-refractivity contribution < 1.29 is 13.2 Å². The van der Waals surface area contributed by atoms with Crippen LogP contribution < -0.4 is 4.87 Å². The zero-order chi connectivity index (χ0) is 10.2. The van der Waals surface area contributed by atoms with Crippen molar-refractivity contribution in [3.05, 3.63) is 20.2 Å². The highest BCUT2D eigenvalue weighted by Gasteiger charge is 2.36. The van der Waals surface area contributed by atoms with Crippen LogP contribution in [0.15, 0.2) is 4.79 Å². The minimum absolute atomic E-state index is 0.0671. The molecule has 74 valence electrons. The van der Waals surface area contributed by atoms with Crippen LogP contribution in [-0.2, 0) is 6.18 Å². The number of aromatic nitrogens is 1. The van der Waals surface area contributed by atoms with Gasteiger partial charge in [0.25, 0.3) is 0 Å². The van der Waals surface area contributed by atoms with Gasteiger partial charge in [-0.15, -0.1) is 0 Å². The molecule has 13 heavy (non-hydrogen) atoms. The molecular weight excluding hydrogens is 203 g/mol. The van der Waals surface area contributed by atoms with Crippen molar-refractivity contribution in [2.45, 2.75) is 25.9 Å². The lowest BCUT2D eigenvalue weighted by atomic mass is 10.1. The van der Waals surface area contributed by atoms with Gasteiger partial charge in [-0.1, -0.05) is 25.2 Å². The van der Waals surface area contributed by atoms with Gasteiger partial charge in [-0.05, 0) is 5.92 Å². The van der Waals surface area contributed by atoms with Crippen LogP contribution >= 0.6 is 11.3 Å². The summed E-state index contributed by atoms with van der Waals surface area (Å²) in [7, 11) is 0. The fraction of sp³-hybridized carbons (Fsp3) is 0.571. The monoisotopic (exact) mass is 211 g/mol. The molecule has 0 aliphatic rings. The molecule has 0 bridgehead atoms. The van der Waals surface area contributed by atoms with E-state index in [0.29, 0.717) is 11.3 Å². The topological polar surface area (TPSA) is 32.9 Å². The van der Waals surface area contributed by atoms with E-state index < -0.39 is 16.7 Å². The minimum atomic E-state index is -4.46. The highest BCUT2D eigenvalue weighted by molar-refractivity contribution is 7.09. The summed E-state index contributed by atoms with van der Waals surface area (Å²) in [5.74, 6) is -0.291. The van der Waals surface area contributed by atoms with E-state index in [1.807, 2.05) is 0 Å². The highest BCUT2D eigenvalue weighted by Crippen LogP contribution is 2.34. The Labute approximate surface area is 76.4 Å². The fourth-order valence-corrected chi connectivity index (χ4v) is 1.81. The largest absolute Gasteiger partial charge is 0.432 e. The number of halogens is 3. The van der Waals surface area contributed by atoms with Crippen molar-refractivity contribution in [2.24, 2.45) is 0 Å². The van der Waals surface area contributed by atoms with E-state index in [9.17, 15) is 18.0 Å². The van der Waals surface area contributed by atoms with Gasteiger partial charge in [0.1, 0.15) is 5.69 Å². The second-order valence-electron chi connectivity index (χ2n) is 2.91. The third-order valence-electron chi connectivity index (χ3n) is 1.48. The first-order chi connectivity index (χ1) is 5.82. The lowest BCUT2D eigenvalue weighted by Crippen LogP contribution is -2.10. The third kappa shape index (κ3) is 2.12. The number of alkyl halides is 3. The van der Waals surface area contributed by atoms with Gasteiger partial charge in [0.05, 0.1) is 0 Å². The summed E-state index contributed by atoms with van der Waals surface area (Å²) in [6.07, 6.45) is -4.46. The lowest BCUT2D eigenvalue weighted by molar-refractivity contribution is -0.141. The summed E-state index contributed by atoms with van der Waals surface area (Å²) in [5, 5.41) is 0. The molecule has 1 N–H and O–H groups in total. The Kier molecular flexibility index (Phi) is 2.51.